The molecule has 0 atom stereocenters. The molecular weight excluding hydrogens is 366 g/mol. The molecule has 4 rings (SSSR count). The number of benzene rings is 1. The molecule has 29 heavy (non-hydrogen) atoms. The Bertz CT molecular complexity index is 1000. The maximum Gasteiger partial charge on any atom is 0.253 e. The molecule has 2 heterocycles. The topological polar surface area (TPSA) is 81.8 Å². The molecule has 1 aromatic carbocycles. The van der Waals surface area contributed by atoms with Gasteiger partial charge >= 0.3 is 0 Å². The lowest BCUT2D eigenvalue weighted by molar-refractivity contribution is 0.0952. The molecule has 1 saturated carbocycles. The number of carbonyl (C=O) groups excluding carboxylic acids is 1. The van der Waals surface area contributed by atoms with E-state index in [1.807, 2.05) is 35.0 Å². The number of imidazole rings is 1. The molecule has 7 nitrogen and oxygen atoms in total. The lowest BCUT2D eigenvalue weighted by atomic mass is 10.0. The molecule has 1 N–H and O–H groups in total. The molecule has 1 amide bonds. The average molecular weight is 391 g/mol. The Morgan fingerprint density at radius 3 is 2.62 bits per heavy atom. The predicted molar refractivity (Wildman–Crippen MR) is 110 cm³/mol. The SMILES string of the molecule is O=C(NCCn1cnc(C2CCCC2)cc1=O)c1ccc(Cn2ccnc2)cc1. The highest BCUT2D eigenvalue weighted by atomic mass is 16.1. The van der Waals surface area contributed by atoms with E-state index in [-0.39, 0.29) is 11.5 Å². The summed E-state index contributed by atoms with van der Waals surface area (Å²) in [6.07, 6.45) is 11.7. The average Bonchev–Trinajstić information content (AvgIpc) is 3.44. The molecule has 150 valence electrons. The maximum atomic E-state index is 12.3. The van der Waals surface area contributed by atoms with E-state index in [2.05, 4.69) is 15.3 Å². The summed E-state index contributed by atoms with van der Waals surface area (Å²) in [6, 6.07) is 9.14. The lowest BCUT2D eigenvalue weighted by Gasteiger charge is -2.11. The number of amides is 1. The zero-order valence-corrected chi connectivity index (χ0v) is 16.3. The monoisotopic (exact) mass is 391 g/mol. The van der Waals surface area contributed by atoms with Crippen LogP contribution in [0.15, 0.2) is 60.2 Å². The number of hydrogen-bond donors (Lipinski definition) is 1. The van der Waals surface area contributed by atoms with Crippen LogP contribution in [-0.4, -0.2) is 31.6 Å². The van der Waals surface area contributed by atoms with E-state index in [0.717, 1.165) is 24.1 Å². The predicted octanol–water partition coefficient (Wildman–Crippen LogP) is 2.58. The number of carbonyl (C=O) groups is 1. The highest BCUT2D eigenvalue weighted by Gasteiger charge is 2.18. The molecule has 0 bridgehead atoms. The van der Waals surface area contributed by atoms with Gasteiger partial charge in [0.25, 0.3) is 11.5 Å². The smallest absolute Gasteiger partial charge is 0.253 e. The molecule has 0 spiro atoms. The fourth-order valence-corrected chi connectivity index (χ4v) is 3.80. The Labute approximate surface area is 169 Å². The van der Waals surface area contributed by atoms with Gasteiger partial charge in [-0.1, -0.05) is 25.0 Å². The Kier molecular flexibility index (Phi) is 5.84. The second-order valence-electron chi connectivity index (χ2n) is 7.51. The van der Waals surface area contributed by atoms with Crippen LogP contribution >= 0.6 is 0 Å². The Hall–Kier alpha value is -3.22. The molecular formula is C22H25N5O2. The summed E-state index contributed by atoms with van der Waals surface area (Å²) >= 11 is 0. The van der Waals surface area contributed by atoms with Crippen molar-refractivity contribution in [2.45, 2.75) is 44.7 Å². The van der Waals surface area contributed by atoms with Crippen molar-refractivity contribution in [1.29, 1.82) is 0 Å². The van der Waals surface area contributed by atoms with Gasteiger partial charge in [-0.25, -0.2) is 9.97 Å². The first kappa shape index (κ1) is 19.1. The van der Waals surface area contributed by atoms with Gasteiger partial charge in [0.05, 0.1) is 18.3 Å². The standard InChI is InChI=1S/C22H25N5O2/c28-21-13-20(18-3-1-2-4-18)25-16-27(21)12-10-24-22(29)19-7-5-17(6-8-19)14-26-11-9-23-15-26/h5-9,11,13,15-16,18H,1-4,10,12,14H2,(H,24,29). The number of nitrogens with zero attached hydrogens (tertiary/aromatic N) is 4. The van der Waals surface area contributed by atoms with E-state index in [4.69, 9.17) is 0 Å². The minimum Gasteiger partial charge on any atom is -0.350 e. The van der Waals surface area contributed by atoms with Crippen LogP contribution in [0.4, 0.5) is 0 Å². The molecule has 0 aliphatic heterocycles. The van der Waals surface area contributed by atoms with Crippen LogP contribution in [-0.2, 0) is 13.1 Å². The highest BCUT2D eigenvalue weighted by Crippen LogP contribution is 2.32. The fourth-order valence-electron chi connectivity index (χ4n) is 3.80. The summed E-state index contributed by atoms with van der Waals surface area (Å²) in [5, 5.41) is 2.87. The van der Waals surface area contributed by atoms with Crippen molar-refractivity contribution in [3.63, 3.8) is 0 Å². The third-order valence-electron chi connectivity index (χ3n) is 5.45. The summed E-state index contributed by atoms with van der Waals surface area (Å²) in [5.41, 5.74) is 2.55. The normalized spacial score (nSPS) is 14.2. The van der Waals surface area contributed by atoms with Crippen LogP contribution in [0, 0.1) is 0 Å². The first-order chi connectivity index (χ1) is 14.2. The van der Waals surface area contributed by atoms with Gasteiger partial charge in [-0.05, 0) is 30.5 Å². The van der Waals surface area contributed by atoms with E-state index in [0.29, 0.717) is 31.1 Å². The van der Waals surface area contributed by atoms with E-state index in [9.17, 15) is 9.59 Å². The maximum absolute atomic E-state index is 12.3. The van der Waals surface area contributed by atoms with Crippen LogP contribution in [0.2, 0.25) is 0 Å². The largest absolute Gasteiger partial charge is 0.350 e. The Balaban J connectivity index is 1.29. The molecule has 7 heteroatoms. The quantitative estimate of drug-likeness (QED) is 0.671. The molecule has 1 aliphatic carbocycles. The molecule has 3 aromatic rings. The Morgan fingerprint density at radius 1 is 1.14 bits per heavy atom. The van der Waals surface area contributed by atoms with Gasteiger partial charge in [0, 0.05) is 49.6 Å². The van der Waals surface area contributed by atoms with E-state index >= 15 is 0 Å². The minimum atomic E-state index is -0.150. The summed E-state index contributed by atoms with van der Waals surface area (Å²) < 4.78 is 3.52. The van der Waals surface area contributed by atoms with Gasteiger partial charge in [-0.15, -0.1) is 0 Å². The van der Waals surface area contributed by atoms with Crippen LogP contribution in [0.5, 0.6) is 0 Å². The third-order valence-corrected chi connectivity index (χ3v) is 5.45. The molecule has 2 aromatic heterocycles. The number of hydrogen-bond acceptors (Lipinski definition) is 4. The molecule has 0 saturated heterocycles. The highest BCUT2D eigenvalue weighted by molar-refractivity contribution is 5.94. The molecule has 1 aliphatic rings. The van der Waals surface area contributed by atoms with Crippen molar-refractivity contribution >= 4 is 5.91 Å². The van der Waals surface area contributed by atoms with E-state index in [1.54, 1.807) is 29.5 Å². The van der Waals surface area contributed by atoms with E-state index in [1.165, 1.54) is 12.8 Å². The molecule has 0 radical (unpaired) electrons. The van der Waals surface area contributed by atoms with Crippen molar-refractivity contribution in [1.82, 2.24) is 24.4 Å². The first-order valence-corrected chi connectivity index (χ1v) is 10.1. The first-order valence-electron chi connectivity index (χ1n) is 10.1. The van der Waals surface area contributed by atoms with Crippen LogP contribution in [0.25, 0.3) is 0 Å². The van der Waals surface area contributed by atoms with Crippen molar-refractivity contribution in [2.24, 2.45) is 0 Å². The minimum absolute atomic E-state index is 0.0556. The van der Waals surface area contributed by atoms with Gasteiger partial charge < -0.3 is 9.88 Å². The van der Waals surface area contributed by atoms with Crippen molar-refractivity contribution < 1.29 is 4.79 Å². The van der Waals surface area contributed by atoms with Crippen molar-refractivity contribution in [2.75, 3.05) is 6.54 Å². The van der Waals surface area contributed by atoms with Crippen molar-refractivity contribution in [3.8, 4) is 0 Å². The summed E-state index contributed by atoms with van der Waals surface area (Å²) in [6.45, 7) is 1.50. The second kappa shape index (κ2) is 8.86. The van der Waals surface area contributed by atoms with Gasteiger partial charge in [0.15, 0.2) is 0 Å². The second-order valence-corrected chi connectivity index (χ2v) is 7.51. The van der Waals surface area contributed by atoms with Crippen molar-refractivity contribution in [3.05, 3.63) is 82.6 Å². The Morgan fingerprint density at radius 2 is 1.93 bits per heavy atom. The fraction of sp³-hybridized carbons (Fsp3) is 0.364. The number of rotatable bonds is 7. The van der Waals surface area contributed by atoms with Gasteiger partial charge in [0.2, 0.25) is 0 Å². The lowest BCUT2D eigenvalue weighted by Crippen LogP contribution is -2.31. The zero-order valence-electron chi connectivity index (χ0n) is 16.3. The zero-order chi connectivity index (χ0) is 20.1. The van der Waals surface area contributed by atoms with Gasteiger partial charge in [-0.3, -0.25) is 14.2 Å². The van der Waals surface area contributed by atoms with E-state index < -0.39 is 0 Å². The number of nitrogens with one attached hydrogen (secondary N) is 1. The van der Waals surface area contributed by atoms with Crippen LogP contribution in [0.3, 0.4) is 0 Å². The van der Waals surface area contributed by atoms with Gasteiger partial charge in [-0.2, -0.15) is 0 Å². The third kappa shape index (κ3) is 4.80. The summed E-state index contributed by atoms with van der Waals surface area (Å²) in [4.78, 5) is 33.1. The van der Waals surface area contributed by atoms with Gasteiger partial charge in [0.1, 0.15) is 0 Å². The number of aromatic nitrogens is 4. The molecule has 0 unspecified atom stereocenters. The summed E-state index contributed by atoms with van der Waals surface area (Å²) in [5.74, 6) is 0.275. The van der Waals surface area contributed by atoms with Crippen LogP contribution < -0.4 is 10.9 Å². The summed E-state index contributed by atoms with van der Waals surface area (Å²) in [7, 11) is 0. The van der Waals surface area contributed by atoms with Crippen LogP contribution in [0.1, 0.15) is 53.2 Å². The molecule has 1 fully saturated rings.